The smallest absolute Gasteiger partial charge is 0.323 e. The Bertz CT molecular complexity index is 664. The van der Waals surface area contributed by atoms with Crippen LogP contribution in [0.4, 0.5) is 5.69 Å². The summed E-state index contributed by atoms with van der Waals surface area (Å²) in [5, 5.41) is 18.6. The van der Waals surface area contributed by atoms with E-state index in [9.17, 15) is 24.2 Å². The number of nitrogens with zero attached hydrogens (tertiary/aromatic N) is 1. The number of benzene rings is 1. The molecule has 0 fully saturated rings. The average Bonchev–Trinajstić information content (AvgIpc) is 2.91. The predicted octanol–water partition coefficient (Wildman–Crippen LogP) is 2.26. The summed E-state index contributed by atoms with van der Waals surface area (Å²) in [4.78, 5) is 21.3. The normalized spacial score (nSPS) is 13.5. The Morgan fingerprint density at radius 2 is 2.00 bits per heavy atom. The second-order valence-electron chi connectivity index (χ2n) is 4.17. The zero-order valence-electron chi connectivity index (χ0n) is 10.7. The van der Waals surface area contributed by atoms with Crippen LogP contribution in [0.5, 0.6) is 0 Å². The van der Waals surface area contributed by atoms with Gasteiger partial charge < -0.3 is 9.52 Å². The third-order valence-electron chi connectivity index (χ3n) is 2.76. The van der Waals surface area contributed by atoms with Crippen LogP contribution in [-0.2, 0) is 21.3 Å². The van der Waals surface area contributed by atoms with Crippen LogP contribution in [0.3, 0.4) is 0 Å². The molecule has 8 heteroatoms. The van der Waals surface area contributed by atoms with E-state index in [1.807, 2.05) is 0 Å². The Balaban J connectivity index is 2.24. The van der Waals surface area contributed by atoms with Gasteiger partial charge in [0.2, 0.25) is 0 Å². The number of nitro benzene ring substituents is 1. The molecular formula is C13H11NO6S. The molecule has 0 bridgehead atoms. The molecule has 0 spiro atoms. The molecule has 2 atom stereocenters. The molecule has 1 aromatic carbocycles. The Kier molecular flexibility index (Phi) is 4.49. The van der Waals surface area contributed by atoms with E-state index in [0.29, 0.717) is 5.76 Å². The van der Waals surface area contributed by atoms with E-state index in [2.05, 4.69) is 0 Å². The third kappa shape index (κ3) is 3.54. The van der Waals surface area contributed by atoms with E-state index in [4.69, 9.17) is 4.42 Å². The van der Waals surface area contributed by atoms with Crippen LogP contribution in [-0.4, -0.2) is 20.2 Å². The van der Waals surface area contributed by atoms with Crippen molar-refractivity contribution in [1.29, 1.82) is 0 Å². The molecule has 0 aliphatic rings. The fourth-order valence-corrected chi connectivity index (χ4v) is 3.09. The van der Waals surface area contributed by atoms with Crippen molar-refractivity contribution in [1.82, 2.24) is 0 Å². The Labute approximate surface area is 121 Å². The molecule has 0 amide bonds. The average molecular weight is 309 g/mol. The lowest BCUT2D eigenvalue weighted by Crippen LogP contribution is -2.18. The third-order valence-corrected chi connectivity index (χ3v) is 4.33. The number of hydrogen-bond acceptors (Lipinski definition) is 5. The summed E-state index contributed by atoms with van der Waals surface area (Å²) >= 11 is 0. The lowest BCUT2D eigenvalue weighted by atomic mass is 10.1. The number of nitro groups is 1. The van der Waals surface area contributed by atoms with Crippen LogP contribution in [0.15, 0.2) is 47.1 Å². The Hall–Kier alpha value is -2.48. The number of rotatable bonds is 6. The summed E-state index contributed by atoms with van der Waals surface area (Å²) in [6.07, 6.45) is 1.41. The summed E-state index contributed by atoms with van der Waals surface area (Å²) < 4.78 is 17.3. The minimum Gasteiger partial charge on any atom is -0.480 e. The molecule has 0 aliphatic carbocycles. The van der Waals surface area contributed by atoms with Crippen molar-refractivity contribution in [2.45, 2.75) is 11.0 Å². The number of carboxylic acids is 1. The summed E-state index contributed by atoms with van der Waals surface area (Å²) in [6, 6.07) is 8.21. The second-order valence-corrected chi connectivity index (χ2v) is 5.69. The van der Waals surface area contributed by atoms with E-state index < -0.39 is 26.9 Å². The van der Waals surface area contributed by atoms with E-state index in [-0.39, 0.29) is 17.0 Å². The highest BCUT2D eigenvalue weighted by molar-refractivity contribution is 7.85. The van der Waals surface area contributed by atoms with Crippen LogP contribution in [0.25, 0.3) is 0 Å². The van der Waals surface area contributed by atoms with Crippen molar-refractivity contribution in [3.05, 3.63) is 64.1 Å². The van der Waals surface area contributed by atoms with Crippen LogP contribution >= 0.6 is 0 Å². The topological polar surface area (TPSA) is 111 Å². The minimum absolute atomic E-state index is 0.0407. The van der Waals surface area contributed by atoms with Crippen molar-refractivity contribution >= 4 is 22.5 Å². The van der Waals surface area contributed by atoms with Gasteiger partial charge in [-0.05, 0) is 17.7 Å². The fourth-order valence-electron chi connectivity index (χ4n) is 1.80. The van der Waals surface area contributed by atoms with Crippen molar-refractivity contribution < 1.29 is 23.5 Å². The molecule has 0 saturated heterocycles. The van der Waals surface area contributed by atoms with Gasteiger partial charge >= 0.3 is 5.97 Å². The van der Waals surface area contributed by atoms with Gasteiger partial charge in [-0.2, -0.15) is 0 Å². The second kappa shape index (κ2) is 6.31. The molecule has 2 aromatic rings. The predicted molar refractivity (Wildman–Crippen MR) is 74.0 cm³/mol. The maximum atomic E-state index is 12.2. The number of non-ortho nitro benzene ring substituents is 1. The zero-order chi connectivity index (χ0) is 15.4. The van der Waals surface area contributed by atoms with Gasteiger partial charge in [-0.15, -0.1) is 0 Å². The molecule has 0 aliphatic heterocycles. The largest absolute Gasteiger partial charge is 0.480 e. The molecule has 21 heavy (non-hydrogen) atoms. The molecule has 0 radical (unpaired) electrons. The van der Waals surface area contributed by atoms with Gasteiger partial charge in [-0.3, -0.25) is 19.1 Å². The first-order valence-corrected chi connectivity index (χ1v) is 7.24. The van der Waals surface area contributed by atoms with E-state index >= 15 is 0 Å². The highest BCUT2D eigenvalue weighted by atomic mass is 32.2. The summed E-state index contributed by atoms with van der Waals surface area (Å²) in [6.45, 7) is 0. The van der Waals surface area contributed by atoms with Gasteiger partial charge in [0, 0.05) is 22.9 Å². The lowest BCUT2D eigenvalue weighted by Gasteiger charge is -2.11. The number of furan rings is 1. The molecule has 1 N–H and O–H groups in total. The van der Waals surface area contributed by atoms with Gasteiger partial charge in [-0.25, -0.2) is 0 Å². The van der Waals surface area contributed by atoms with Gasteiger partial charge in [0.05, 0.1) is 16.9 Å². The van der Waals surface area contributed by atoms with E-state index in [1.54, 1.807) is 12.1 Å². The van der Waals surface area contributed by atoms with Gasteiger partial charge in [0.1, 0.15) is 5.76 Å². The van der Waals surface area contributed by atoms with Crippen LogP contribution in [0, 0.1) is 10.1 Å². The molecule has 1 heterocycles. The van der Waals surface area contributed by atoms with Crippen LogP contribution < -0.4 is 0 Å². The zero-order valence-corrected chi connectivity index (χ0v) is 11.5. The molecule has 0 saturated carbocycles. The first-order chi connectivity index (χ1) is 9.99. The monoisotopic (exact) mass is 309 g/mol. The summed E-state index contributed by atoms with van der Waals surface area (Å²) in [5.74, 6) is -0.878. The van der Waals surface area contributed by atoms with Gasteiger partial charge in [0.15, 0.2) is 5.25 Å². The Morgan fingerprint density at radius 3 is 2.48 bits per heavy atom. The van der Waals surface area contributed by atoms with Crippen molar-refractivity contribution in [2.24, 2.45) is 0 Å². The molecule has 110 valence electrons. The fraction of sp³-hybridized carbons (Fsp3) is 0.154. The van der Waals surface area contributed by atoms with Crippen LogP contribution in [0.2, 0.25) is 0 Å². The number of carbonyl (C=O) groups is 1. The van der Waals surface area contributed by atoms with E-state index in [0.717, 1.165) is 0 Å². The maximum Gasteiger partial charge on any atom is 0.323 e. The van der Waals surface area contributed by atoms with Crippen molar-refractivity contribution in [3.63, 3.8) is 0 Å². The SMILES string of the molecule is O=C(O)[C@H](c1ccc([N+](=O)[O-])cc1)[S@@](=O)Cc1ccco1. The van der Waals surface area contributed by atoms with Crippen LogP contribution in [0.1, 0.15) is 16.6 Å². The maximum absolute atomic E-state index is 12.2. The molecular weight excluding hydrogens is 298 g/mol. The van der Waals surface area contributed by atoms with Crippen molar-refractivity contribution in [2.75, 3.05) is 0 Å². The first-order valence-electron chi connectivity index (χ1n) is 5.85. The number of carboxylic acid groups (broad SMARTS) is 1. The number of hydrogen-bond donors (Lipinski definition) is 1. The van der Waals surface area contributed by atoms with Gasteiger partial charge in [0.25, 0.3) is 5.69 Å². The minimum atomic E-state index is -1.75. The molecule has 0 unspecified atom stereocenters. The Morgan fingerprint density at radius 1 is 1.33 bits per heavy atom. The lowest BCUT2D eigenvalue weighted by molar-refractivity contribution is -0.384. The van der Waals surface area contributed by atoms with Gasteiger partial charge in [-0.1, -0.05) is 12.1 Å². The first kappa shape index (κ1) is 14.9. The van der Waals surface area contributed by atoms with E-state index in [1.165, 1.54) is 30.5 Å². The standard InChI is InChI=1S/C13H11NO6S/c15-13(16)12(21(19)8-11-2-1-7-20-11)9-3-5-10(6-4-9)14(17)18/h1-7,12H,8H2,(H,15,16)/t12-,21-/m0/s1. The molecule has 1 aromatic heterocycles. The summed E-state index contributed by atoms with van der Waals surface area (Å²) in [5.41, 5.74) is 0.0951. The summed E-state index contributed by atoms with van der Waals surface area (Å²) in [7, 11) is -1.75. The quantitative estimate of drug-likeness (QED) is 0.647. The van der Waals surface area contributed by atoms with Crippen molar-refractivity contribution in [3.8, 4) is 0 Å². The number of aliphatic carboxylic acids is 1. The molecule has 7 nitrogen and oxygen atoms in total. The molecule has 2 rings (SSSR count). The highest BCUT2D eigenvalue weighted by Gasteiger charge is 2.28. The highest BCUT2D eigenvalue weighted by Crippen LogP contribution is 2.25.